The molecule has 0 spiro atoms. The minimum atomic E-state index is -1.34. The van der Waals surface area contributed by atoms with E-state index < -0.39 is 23.2 Å². The van der Waals surface area contributed by atoms with Crippen LogP contribution in [0.4, 0.5) is 0 Å². The highest BCUT2D eigenvalue weighted by atomic mass is 16.5. The molecule has 3 aliphatic rings. The van der Waals surface area contributed by atoms with E-state index in [0.29, 0.717) is 6.54 Å². The molecule has 2 bridgehead atoms. The Morgan fingerprint density at radius 2 is 2.17 bits per heavy atom. The first-order valence-corrected chi connectivity index (χ1v) is 7.54. The normalized spacial score (nSPS) is 28.3. The predicted molar refractivity (Wildman–Crippen MR) is 76.7 cm³/mol. The summed E-state index contributed by atoms with van der Waals surface area (Å²) in [6, 6.07) is 0.110. The third kappa shape index (κ3) is 1.91. The first-order valence-electron chi connectivity index (χ1n) is 7.54. The first kappa shape index (κ1) is 14.3. The van der Waals surface area contributed by atoms with E-state index in [-0.39, 0.29) is 29.5 Å². The van der Waals surface area contributed by atoms with Crippen molar-refractivity contribution in [2.24, 2.45) is 0 Å². The highest BCUT2D eigenvalue weighted by Crippen LogP contribution is 2.38. The van der Waals surface area contributed by atoms with Gasteiger partial charge >= 0.3 is 5.97 Å². The average molecular weight is 320 g/mol. The monoisotopic (exact) mass is 320 g/mol. The van der Waals surface area contributed by atoms with Crippen LogP contribution < -0.4 is 10.2 Å². The van der Waals surface area contributed by atoms with E-state index >= 15 is 0 Å². The number of rotatable bonds is 2. The lowest BCUT2D eigenvalue weighted by Gasteiger charge is -2.44. The fourth-order valence-electron chi connectivity index (χ4n) is 3.88. The van der Waals surface area contributed by atoms with Crippen molar-refractivity contribution < 1.29 is 24.2 Å². The van der Waals surface area contributed by atoms with Gasteiger partial charge in [-0.3, -0.25) is 9.59 Å². The number of fused-ring (bicyclic) bond motifs is 5. The average Bonchev–Trinajstić information content (AvgIpc) is 2.88. The fourth-order valence-corrected chi connectivity index (χ4v) is 3.88. The summed E-state index contributed by atoms with van der Waals surface area (Å²) in [6.45, 7) is 0.297. The third-order valence-electron chi connectivity index (χ3n) is 4.87. The van der Waals surface area contributed by atoms with Crippen molar-refractivity contribution in [3.05, 3.63) is 27.7 Å². The number of hydrogen-bond donors (Lipinski definition) is 1. The van der Waals surface area contributed by atoms with Gasteiger partial charge in [0.1, 0.15) is 5.56 Å². The number of carbonyl (C=O) groups excluding carboxylic acids is 1. The van der Waals surface area contributed by atoms with Crippen LogP contribution in [0.5, 0.6) is 5.75 Å². The zero-order valence-corrected chi connectivity index (χ0v) is 12.5. The molecule has 3 unspecified atom stereocenters. The SMILES string of the molecule is COc1c2n(cc(C(=O)O)c1=O)CC1OC3CCC(C3)N1C2=O. The Kier molecular flexibility index (Phi) is 2.99. The quantitative estimate of drug-likeness (QED) is 0.841. The van der Waals surface area contributed by atoms with Crippen LogP contribution in [-0.2, 0) is 11.3 Å². The standard InChI is InChI=1S/C15H16N2O6/c1-22-13-11-14(19)17-7-2-3-8(4-7)23-10(17)6-16(11)5-9(12(13)18)15(20)21/h5,7-8,10H,2-4,6H2,1H3,(H,20,21). The van der Waals surface area contributed by atoms with Gasteiger partial charge in [0, 0.05) is 12.2 Å². The van der Waals surface area contributed by atoms with E-state index in [1.807, 2.05) is 0 Å². The van der Waals surface area contributed by atoms with Gasteiger partial charge in [0.15, 0.2) is 17.7 Å². The Bertz CT molecular complexity index is 770. The summed E-state index contributed by atoms with van der Waals surface area (Å²) in [5.41, 5.74) is -1.08. The minimum Gasteiger partial charge on any atom is -0.491 e. The molecule has 8 heteroatoms. The molecule has 1 saturated heterocycles. The number of carboxylic acids is 1. The zero-order valence-electron chi connectivity index (χ0n) is 12.5. The second-order valence-electron chi connectivity index (χ2n) is 6.10. The predicted octanol–water partition coefficient (Wildman–Crippen LogP) is 0.288. The lowest BCUT2D eigenvalue weighted by atomic mass is 10.1. The largest absolute Gasteiger partial charge is 0.491 e. The lowest BCUT2D eigenvalue weighted by Crippen LogP contribution is -2.57. The summed E-state index contributed by atoms with van der Waals surface area (Å²) in [5, 5.41) is 9.18. The molecule has 1 aromatic rings. The fraction of sp³-hybridized carbons (Fsp3) is 0.533. The molecule has 1 aliphatic carbocycles. The number of hydrogen-bond acceptors (Lipinski definition) is 5. The molecule has 0 aromatic carbocycles. The van der Waals surface area contributed by atoms with Crippen LogP contribution in [0.25, 0.3) is 0 Å². The second kappa shape index (κ2) is 4.82. The lowest BCUT2D eigenvalue weighted by molar-refractivity contribution is -0.132. The highest BCUT2D eigenvalue weighted by molar-refractivity contribution is 5.98. The summed E-state index contributed by atoms with van der Waals surface area (Å²) in [4.78, 5) is 38.1. The Labute approximate surface area is 131 Å². The van der Waals surface area contributed by atoms with Crippen molar-refractivity contribution in [3.63, 3.8) is 0 Å². The molecule has 4 rings (SSSR count). The molecule has 1 saturated carbocycles. The van der Waals surface area contributed by atoms with Gasteiger partial charge in [0.25, 0.3) is 5.91 Å². The summed E-state index contributed by atoms with van der Waals surface area (Å²) in [6.07, 6.45) is 3.54. The van der Waals surface area contributed by atoms with E-state index in [2.05, 4.69) is 0 Å². The maximum atomic E-state index is 12.9. The molecule has 122 valence electrons. The van der Waals surface area contributed by atoms with Crippen LogP contribution in [0.3, 0.4) is 0 Å². The topological polar surface area (TPSA) is 98.1 Å². The molecule has 23 heavy (non-hydrogen) atoms. The number of aromatic nitrogens is 1. The maximum Gasteiger partial charge on any atom is 0.341 e. The van der Waals surface area contributed by atoms with Crippen molar-refractivity contribution in [2.75, 3.05) is 7.11 Å². The number of aromatic carboxylic acids is 1. The van der Waals surface area contributed by atoms with E-state index in [1.54, 1.807) is 4.90 Å². The van der Waals surface area contributed by atoms with Crippen LogP contribution in [0, 0.1) is 0 Å². The van der Waals surface area contributed by atoms with Crippen LogP contribution in [0.1, 0.15) is 40.1 Å². The number of ether oxygens (including phenoxy) is 2. The number of methoxy groups -OCH3 is 1. The molecule has 8 nitrogen and oxygen atoms in total. The number of carboxylic acid groups (broad SMARTS) is 1. The number of pyridine rings is 1. The highest BCUT2D eigenvalue weighted by Gasteiger charge is 2.47. The van der Waals surface area contributed by atoms with E-state index in [0.717, 1.165) is 19.3 Å². The van der Waals surface area contributed by atoms with Gasteiger partial charge in [0.2, 0.25) is 5.43 Å². The first-order chi connectivity index (χ1) is 11.0. The van der Waals surface area contributed by atoms with Crippen LogP contribution in [0.2, 0.25) is 0 Å². The molecule has 2 fully saturated rings. The number of carbonyl (C=O) groups is 2. The van der Waals surface area contributed by atoms with Gasteiger partial charge in [0.05, 0.1) is 19.8 Å². The molecule has 0 radical (unpaired) electrons. The van der Waals surface area contributed by atoms with Gasteiger partial charge in [-0.15, -0.1) is 0 Å². The van der Waals surface area contributed by atoms with E-state index in [1.165, 1.54) is 17.9 Å². The second-order valence-corrected chi connectivity index (χ2v) is 6.10. The van der Waals surface area contributed by atoms with Gasteiger partial charge in [-0.2, -0.15) is 0 Å². The molecule has 1 N–H and O–H groups in total. The van der Waals surface area contributed by atoms with Crippen LogP contribution in [-0.4, -0.2) is 51.9 Å². The van der Waals surface area contributed by atoms with Crippen molar-refractivity contribution in [2.45, 2.75) is 44.2 Å². The molecular weight excluding hydrogens is 304 g/mol. The number of amides is 1. The Balaban J connectivity index is 1.89. The Morgan fingerprint density at radius 3 is 2.87 bits per heavy atom. The maximum absolute atomic E-state index is 12.9. The molecule has 3 heterocycles. The molecule has 2 aliphatic heterocycles. The van der Waals surface area contributed by atoms with Crippen molar-refractivity contribution >= 4 is 11.9 Å². The van der Waals surface area contributed by atoms with Gasteiger partial charge in [-0.25, -0.2) is 4.79 Å². The van der Waals surface area contributed by atoms with Gasteiger partial charge in [-0.1, -0.05) is 0 Å². The molecular formula is C15H16N2O6. The van der Waals surface area contributed by atoms with Crippen molar-refractivity contribution in [1.29, 1.82) is 0 Å². The minimum absolute atomic E-state index is 0.104. The molecule has 1 amide bonds. The van der Waals surface area contributed by atoms with Gasteiger partial charge < -0.3 is 24.0 Å². The summed E-state index contributed by atoms with van der Waals surface area (Å²) in [7, 11) is 1.26. The molecule has 3 atom stereocenters. The Morgan fingerprint density at radius 1 is 1.39 bits per heavy atom. The smallest absolute Gasteiger partial charge is 0.341 e. The summed E-state index contributed by atoms with van der Waals surface area (Å²) >= 11 is 0. The molecule has 1 aromatic heterocycles. The van der Waals surface area contributed by atoms with E-state index in [9.17, 15) is 19.5 Å². The van der Waals surface area contributed by atoms with Gasteiger partial charge in [-0.05, 0) is 19.3 Å². The van der Waals surface area contributed by atoms with Crippen molar-refractivity contribution in [1.82, 2.24) is 9.47 Å². The zero-order chi connectivity index (χ0) is 16.3. The van der Waals surface area contributed by atoms with Crippen LogP contribution in [0.15, 0.2) is 11.0 Å². The number of nitrogens with zero attached hydrogens (tertiary/aromatic N) is 2. The van der Waals surface area contributed by atoms with Crippen LogP contribution >= 0.6 is 0 Å². The summed E-state index contributed by atoms with van der Waals surface area (Å²) < 4.78 is 12.5. The Hall–Kier alpha value is -2.35. The third-order valence-corrected chi connectivity index (χ3v) is 4.87. The van der Waals surface area contributed by atoms with E-state index in [4.69, 9.17) is 9.47 Å². The summed E-state index contributed by atoms with van der Waals surface area (Å²) in [5.74, 6) is -1.89. The van der Waals surface area contributed by atoms with Crippen molar-refractivity contribution in [3.8, 4) is 5.75 Å².